The van der Waals surface area contributed by atoms with Crippen molar-refractivity contribution in [2.24, 2.45) is 0 Å². The van der Waals surface area contributed by atoms with Crippen LogP contribution >= 0.6 is 35.2 Å². The number of rotatable bonds is 7. The summed E-state index contributed by atoms with van der Waals surface area (Å²) in [7, 11) is 2.10. The van der Waals surface area contributed by atoms with E-state index >= 15 is 0 Å². The third-order valence-electron chi connectivity index (χ3n) is 4.12. The van der Waals surface area contributed by atoms with Gasteiger partial charge in [-0.2, -0.15) is 4.68 Å². The number of amides is 1. The van der Waals surface area contributed by atoms with Crippen molar-refractivity contribution in [1.82, 2.24) is 9.78 Å². The molecule has 0 aliphatic heterocycles. The van der Waals surface area contributed by atoms with Gasteiger partial charge in [0.1, 0.15) is 6.54 Å². The summed E-state index contributed by atoms with van der Waals surface area (Å²) in [6, 6.07) is 8.18. The van der Waals surface area contributed by atoms with E-state index < -0.39 is 0 Å². The third kappa shape index (κ3) is 4.67. The number of aromatic nitrogens is 2. The Morgan fingerprint density at radius 2 is 2.12 bits per heavy atom. The molecule has 0 radical (unpaired) electrons. The Bertz CT molecular complexity index is 798. The van der Waals surface area contributed by atoms with Crippen LogP contribution in [0.5, 0.6) is 0 Å². The van der Waals surface area contributed by atoms with Crippen molar-refractivity contribution < 1.29 is 9.69 Å². The van der Waals surface area contributed by atoms with Crippen LogP contribution in [0.1, 0.15) is 31.7 Å². The van der Waals surface area contributed by atoms with E-state index in [2.05, 4.69) is 12.1 Å². The molecule has 0 bridgehead atoms. The van der Waals surface area contributed by atoms with Gasteiger partial charge >= 0.3 is 0 Å². The highest BCUT2D eigenvalue weighted by molar-refractivity contribution is 7.73. The predicted octanol–water partition coefficient (Wildman–Crippen LogP) is 2.91. The summed E-state index contributed by atoms with van der Waals surface area (Å²) in [4.78, 5) is 15.3. The Balaban J connectivity index is 1.70. The molecular formula is C17H22ClN4OS2+. The van der Waals surface area contributed by atoms with E-state index in [9.17, 15) is 4.79 Å². The molecule has 1 fully saturated rings. The molecule has 1 saturated carbocycles. The zero-order chi connectivity index (χ0) is 18.0. The first-order valence-corrected chi connectivity index (χ1v) is 10.0. The maximum absolute atomic E-state index is 12.2. The summed E-state index contributed by atoms with van der Waals surface area (Å²) in [5, 5.41) is 6.11. The van der Waals surface area contributed by atoms with E-state index in [0.717, 1.165) is 29.5 Å². The van der Waals surface area contributed by atoms with E-state index in [1.54, 1.807) is 0 Å². The summed E-state index contributed by atoms with van der Waals surface area (Å²) in [5.41, 5.74) is 1.21. The van der Waals surface area contributed by atoms with Crippen molar-refractivity contribution in [3.8, 4) is 0 Å². The monoisotopic (exact) mass is 397 g/mol. The first-order chi connectivity index (χ1) is 12.0. The number of carbonyl (C=O) groups excluding carboxylic acids is 1. The summed E-state index contributed by atoms with van der Waals surface area (Å²) in [6.07, 6.45) is 2.60. The molecule has 8 heteroatoms. The van der Waals surface area contributed by atoms with Crippen molar-refractivity contribution in [3.05, 3.63) is 38.8 Å². The number of benzene rings is 1. The highest BCUT2D eigenvalue weighted by atomic mass is 35.5. The number of hydrogen-bond donors (Lipinski definition) is 1. The lowest BCUT2D eigenvalue weighted by molar-refractivity contribution is -0.917. The van der Waals surface area contributed by atoms with Gasteiger partial charge in [-0.15, -0.1) is 5.10 Å². The lowest BCUT2D eigenvalue weighted by atomic mass is 10.2. The number of nitrogens with zero attached hydrogens (tertiary/aromatic N) is 3. The number of anilines is 1. The highest BCUT2D eigenvalue weighted by Gasteiger charge is 2.35. The van der Waals surface area contributed by atoms with E-state index in [1.165, 1.54) is 21.8 Å². The minimum atomic E-state index is 0.125. The molecule has 1 aromatic heterocycles. The molecule has 1 atom stereocenters. The van der Waals surface area contributed by atoms with Gasteiger partial charge < -0.3 is 4.90 Å². The van der Waals surface area contributed by atoms with Crippen LogP contribution in [0.3, 0.4) is 0 Å². The third-order valence-corrected chi connectivity index (χ3v) is 5.68. The molecule has 0 saturated heterocycles. The van der Waals surface area contributed by atoms with Crippen molar-refractivity contribution in [2.45, 2.75) is 45.4 Å². The molecule has 134 valence electrons. The van der Waals surface area contributed by atoms with Crippen molar-refractivity contribution in [3.63, 3.8) is 0 Å². The molecule has 1 aliphatic rings. The van der Waals surface area contributed by atoms with Gasteiger partial charge in [0.15, 0.2) is 10.6 Å². The Morgan fingerprint density at radius 3 is 2.72 bits per heavy atom. The van der Waals surface area contributed by atoms with Crippen LogP contribution in [-0.4, -0.2) is 28.8 Å². The van der Waals surface area contributed by atoms with Crippen LogP contribution in [-0.2, 0) is 18.0 Å². The number of carbonyl (C=O) groups is 1. The number of nitrogens with one attached hydrogen (secondary N) is 1. The zero-order valence-electron chi connectivity index (χ0n) is 14.4. The van der Waals surface area contributed by atoms with E-state index in [-0.39, 0.29) is 5.91 Å². The number of halogens is 1. The van der Waals surface area contributed by atoms with Gasteiger partial charge in [0, 0.05) is 23.0 Å². The first-order valence-electron chi connectivity index (χ1n) is 8.43. The minimum absolute atomic E-state index is 0.125. The molecule has 2 aromatic rings. The van der Waals surface area contributed by atoms with Gasteiger partial charge in [-0.3, -0.25) is 9.69 Å². The zero-order valence-corrected chi connectivity index (χ0v) is 16.8. The van der Waals surface area contributed by atoms with Crippen LogP contribution in [0.2, 0.25) is 5.02 Å². The standard InChI is InChI=1S/C17H21ClN4OS2/c1-3-15(23)22(14-8-9-14)16-19-21(17(24)25-16)11-20(2)10-12-4-6-13(18)7-5-12/h4-7,14H,3,8-11H2,1-2H3/p+1. The summed E-state index contributed by atoms with van der Waals surface area (Å²) >= 11 is 12.8. The molecular weight excluding hydrogens is 376 g/mol. The second-order valence-corrected chi connectivity index (χ2v) is 8.45. The van der Waals surface area contributed by atoms with Gasteiger partial charge in [-0.1, -0.05) is 42.0 Å². The maximum atomic E-state index is 12.2. The summed E-state index contributed by atoms with van der Waals surface area (Å²) in [6.45, 7) is 3.40. The highest BCUT2D eigenvalue weighted by Crippen LogP contribution is 2.33. The maximum Gasteiger partial charge on any atom is 0.228 e. The number of quaternary nitrogens is 1. The van der Waals surface area contributed by atoms with Crippen LogP contribution in [0.15, 0.2) is 24.3 Å². The predicted molar refractivity (Wildman–Crippen MR) is 104 cm³/mol. The van der Waals surface area contributed by atoms with Crippen molar-refractivity contribution >= 4 is 46.2 Å². The summed E-state index contributed by atoms with van der Waals surface area (Å²) in [5.74, 6) is 0.125. The Hall–Kier alpha value is -1.28. The molecule has 25 heavy (non-hydrogen) atoms. The fourth-order valence-corrected chi connectivity index (χ4v) is 4.03. The molecule has 1 amide bonds. The molecule has 1 unspecified atom stereocenters. The number of hydrogen-bond acceptors (Lipinski definition) is 4. The Kier molecular flexibility index (Phi) is 5.89. The molecule has 1 N–H and O–H groups in total. The van der Waals surface area contributed by atoms with Gasteiger partial charge in [0.05, 0.1) is 7.05 Å². The Labute approximate surface area is 161 Å². The lowest BCUT2D eigenvalue weighted by Gasteiger charge is -2.18. The van der Waals surface area contributed by atoms with Crippen LogP contribution < -0.4 is 9.80 Å². The van der Waals surface area contributed by atoms with E-state index in [0.29, 0.717) is 23.1 Å². The SMILES string of the molecule is CCC(=O)N(c1nn(C[NH+](C)Cc2ccc(Cl)cc2)c(=S)s1)C1CC1. The molecule has 5 nitrogen and oxygen atoms in total. The average molecular weight is 398 g/mol. The summed E-state index contributed by atoms with van der Waals surface area (Å²) < 4.78 is 2.54. The van der Waals surface area contributed by atoms with Gasteiger partial charge in [0.2, 0.25) is 11.0 Å². The topological polar surface area (TPSA) is 42.6 Å². The van der Waals surface area contributed by atoms with Gasteiger partial charge in [-0.25, -0.2) is 0 Å². The Morgan fingerprint density at radius 1 is 1.44 bits per heavy atom. The van der Waals surface area contributed by atoms with Gasteiger partial charge in [0.25, 0.3) is 0 Å². The van der Waals surface area contributed by atoms with E-state index in [4.69, 9.17) is 23.8 Å². The second kappa shape index (κ2) is 7.95. The molecule has 1 aromatic carbocycles. The largest absolute Gasteiger partial charge is 0.315 e. The van der Waals surface area contributed by atoms with Gasteiger partial charge in [-0.05, 0) is 37.2 Å². The fraction of sp³-hybridized carbons (Fsp3) is 0.471. The second-order valence-electron chi connectivity index (χ2n) is 6.42. The molecule has 1 heterocycles. The molecule has 1 aliphatic carbocycles. The van der Waals surface area contributed by atoms with Crippen LogP contribution in [0.4, 0.5) is 5.13 Å². The normalized spacial score (nSPS) is 15.2. The molecule has 0 spiro atoms. The van der Waals surface area contributed by atoms with Crippen LogP contribution in [0.25, 0.3) is 0 Å². The van der Waals surface area contributed by atoms with Crippen molar-refractivity contribution in [1.29, 1.82) is 0 Å². The fourth-order valence-electron chi connectivity index (χ4n) is 2.72. The van der Waals surface area contributed by atoms with Crippen LogP contribution in [0, 0.1) is 3.95 Å². The lowest BCUT2D eigenvalue weighted by Crippen LogP contribution is -3.07. The van der Waals surface area contributed by atoms with E-state index in [1.807, 2.05) is 40.8 Å². The minimum Gasteiger partial charge on any atom is -0.315 e. The molecule has 3 rings (SSSR count). The quantitative estimate of drug-likeness (QED) is 0.730. The average Bonchev–Trinajstić information content (AvgIpc) is 3.34. The smallest absolute Gasteiger partial charge is 0.228 e. The van der Waals surface area contributed by atoms with Crippen molar-refractivity contribution in [2.75, 3.05) is 11.9 Å². The first kappa shape index (κ1) is 18.5.